The van der Waals surface area contributed by atoms with Crippen molar-refractivity contribution in [2.75, 3.05) is 31.2 Å². The van der Waals surface area contributed by atoms with Crippen LogP contribution >= 0.6 is 0 Å². The third-order valence-electron chi connectivity index (χ3n) is 7.42. The molecule has 204 valence electrons. The molecule has 5 heterocycles. The molecule has 1 aliphatic heterocycles. The van der Waals surface area contributed by atoms with Crippen LogP contribution in [0, 0.1) is 10.1 Å². The van der Waals surface area contributed by atoms with Gasteiger partial charge in [0, 0.05) is 37.6 Å². The van der Waals surface area contributed by atoms with Crippen molar-refractivity contribution in [2.24, 2.45) is 7.05 Å². The smallest absolute Gasteiger partial charge is 0.434 e. The van der Waals surface area contributed by atoms with Gasteiger partial charge in [-0.2, -0.15) is 4.98 Å². The Labute approximate surface area is 224 Å². The molecular weight excluding hydrogens is 504 g/mol. The van der Waals surface area contributed by atoms with Gasteiger partial charge in [0.1, 0.15) is 30.5 Å². The molecule has 1 saturated carbocycles. The lowest BCUT2D eigenvalue weighted by Gasteiger charge is -2.31. The number of fused-ring (bicyclic) bond motifs is 1. The molecular formula is C26H30N8O5. The molecule has 0 amide bonds. The lowest BCUT2D eigenvalue weighted by atomic mass is 9.93. The Morgan fingerprint density at radius 3 is 2.67 bits per heavy atom. The highest BCUT2D eigenvalue weighted by molar-refractivity contribution is 5.87. The van der Waals surface area contributed by atoms with Gasteiger partial charge in [0.05, 0.1) is 43.7 Å². The first kappa shape index (κ1) is 25.0. The van der Waals surface area contributed by atoms with Crippen LogP contribution in [0.15, 0.2) is 43.2 Å². The standard InChI is InChI=1S/C26H30N8O5/c1-31-19(14-29-26(31)34(35)36)16-38-21-12-22-23(28-15-21)13-24(32-8-10-37-11-9-32)30-25(22)39-20-4-2-18(3-5-20)33-7-6-27-17-33/h6-7,12-15,17-18,20H,2-5,8-11,16H2,1H3. The van der Waals surface area contributed by atoms with E-state index >= 15 is 0 Å². The second-order valence-electron chi connectivity index (χ2n) is 9.84. The Morgan fingerprint density at radius 2 is 1.95 bits per heavy atom. The Hall–Kier alpha value is -4.26. The van der Waals surface area contributed by atoms with E-state index in [1.54, 1.807) is 13.2 Å². The molecule has 2 aliphatic rings. The molecule has 13 heteroatoms. The first-order valence-corrected chi connectivity index (χ1v) is 13.1. The molecule has 0 spiro atoms. The molecule has 0 N–H and O–H groups in total. The van der Waals surface area contributed by atoms with Crippen molar-refractivity contribution >= 4 is 22.7 Å². The van der Waals surface area contributed by atoms with Gasteiger partial charge >= 0.3 is 5.95 Å². The first-order valence-electron chi connectivity index (χ1n) is 13.1. The fraction of sp³-hybridized carbons (Fsp3) is 0.462. The van der Waals surface area contributed by atoms with Crippen LogP contribution in [-0.2, 0) is 18.4 Å². The van der Waals surface area contributed by atoms with Gasteiger partial charge in [-0.25, -0.2) is 9.55 Å². The summed E-state index contributed by atoms with van der Waals surface area (Å²) < 4.78 is 21.6. The number of ether oxygens (including phenoxy) is 3. The number of morpholine rings is 1. The van der Waals surface area contributed by atoms with Crippen LogP contribution in [0.5, 0.6) is 11.6 Å². The lowest BCUT2D eigenvalue weighted by Crippen LogP contribution is -2.36. The number of imidazole rings is 2. The number of hydrogen-bond donors (Lipinski definition) is 0. The highest BCUT2D eigenvalue weighted by atomic mass is 16.6. The molecule has 1 saturated heterocycles. The SMILES string of the molecule is Cn1c(COc2cnc3cc(N4CCOCC4)nc(OC4CCC(n5ccnc5)CC4)c3c2)cnc1[N+](=O)[O-]. The first-order chi connectivity index (χ1) is 19.0. The van der Waals surface area contributed by atoms with Crippen LogP contribution in [0.1, 0.15) is 37.4 Å². The van der Waals surface area contributed by atoms with E-state index in [2.05, 4.69) is 24.4 Å². The van der Waals surface area contributed by atoms with E-state index in [1.807, 2.05) is 30.9 Å². The zero-order valence-electron chi connectivity index (χ0n) is 21.7. The molecule has 13 nitrogen and oxygen atoms in total. The molecule has 1 aliphatic carbocycles. The maximum Gasteiger partial charge on any atom is 0.434 e. The molecule has 6 rings (SSSR count). The molecule has 39 heavy (non-hydrogen) atoms. The number of aromatic nitrogens is 6. The van der Waals surface area contributed by atoms with Crippen molar-refractivity contribution in [3.8, 4) is 11.6 Å². The second kappa shape index (κ2) is 10.8. The largest absolute Gasteiger partial charge is 0.484 e. The highest BCUT2D eigenvalue weighted by Crippen LogP contribution is 2.35. The van der Waals surface area contributed by atoms with Crippen molar-refractivity contribution < 1.29 is 19.1 Å². The van der Waals surface area contributed by atoms with Gasteiger partial charge in [-0.1, -0.05) is 4.98 Å². The molecule has 0 atom stereocenters. The van der Waals surface area contributed by atoms with Gasteiger partial charge in [0.2, 0.25) is 5.88 Å². The van der Waals surface area contributed by atoms with Gasteiger partial charge < -0.3 is 33.8 Å². The third-order valence-corrected chi connectivity index (χ3v) is 7.42. The Kier molecular flexibility index (Phi) is 6.97. The topological polar surface area (TPSA) is 135 Å². The minimum Gasteiger partial charge on any atom is -0.484 e. The summed E-state index contributed by atoms with van der Waals surface area (Å²) in [5.41, 5.74) is 1.34. The summed E-state index contributed by atoms with van der Waals surface area (Å²) in [6, 6.07) is 4.27. The summed E-state index contributed by atoms with van der Waals surface area (Å²) in [5.74, 6) is 1.63. The summed E-state index contributed by atoms with van der Waals surface area (Å²) in [6.45, 7) is 2.93. The molecule has 0 unspecified atom stereocenters. The van der Waals surface area contributed by atoms with Crippen LogP contribution in [0.4, 0.5) is 11.8 Å². The number of hydrogen-bond acceptors (Lipinski definition) is 10. The maximum atomic E-state index is 11.1. The monoisotopic (exact) mass is 534 g/mol. The normalized spacial score (nSPS) is 19.8. The minimum absolute atomic E-state index is 0.0416. The average molecular weight is 535 g/mol. The fourth-order valence-corrected chi connectivity index (χ4v) is 5.18. The number of anilines is 1. The lowest BCUT2D eigenvalue weighted by molar-refractivity contribution is -0.396. The number of nitrogens with zero attached hydrogens (tertiary/aromatic N) is 8. The van der Waals surface area contributed by atoms with E-state index in [0.717, 1.165) is 55.5 Å². The van der Waals surface area contributed by atoms with E-state index in [9.17, 15) is 10.1 Å². The van der Waals surface area contributed by atoms with E-state index in [1.165, 1.54) is 10.8 Å². The van der Waals surface area contributed by atoms with Gasteiger partial charge in [0.25, 0.3) is 0 Å². The van der Waals surface area contributed by atoms with Crippen LogP contribution in [0.3, 0.4) is 0 Å². The minimum atomic E-state index is -0.523. The van der Waals surface area contributed by atoms with Crippen LogP contribution in [0.25, 0.3) is 10.9 Å². The molecule has 0 aromatic carbocycles. The van der Waals surface area contributed by atoms with E-state index in [0.29, 0.717) is 36.6 Å². The second-order valence-corrected chi connectivity index (χ2v) is 9.84. The van der Waals surface area contributed by atoms with Crippen LogP contribution in [0.2, 0.25) is 0 Å². The average Bonchev–Trinajstić information content (AvgIpc) is 3.63. The molecule has 4 aromatic rings. The number of nitro groups is 1. The molecule has 2 fully saturated rings. The van der Waals surface area contributed by atoms with Crippen molar-refractivity contribution in [1.82, 2.24) is 29.1 Å². The predicted molar refractivity (Wildman–Crippen MR) is 141 cm³/mol. The number of rotatable bonds is 8. The summed E-state index contributed by atoms with van der Waals surface area (Å²) in [6.07, 6.45) is 12.7. The van der Waals surface area contributed by atoms with Gasteiger partial charge in [0.15, 0.2) is 5.69 Å². The molecule has 0 radical (unpaired) electrons. The van der Waals surface area contributed by atoms with Gasteiger partial charge in [-0.05, 0) is 36.7 Å². The van der Waals surface area contributed by atoms with Crippen molar-refractivity contribution in [3.63, 3.8) is 0 Å². The Morgan fingerprint density at radius 1 is 1.13 bits per heavy atom. The quantitative estimate of drug-likeness (QED) is 0.244. The van der Waals surface area contributed by atoms with Crippen molar-refractivity contribution in [2.45, 2.75) is 44.4 Å². The van der Waals surface area contributed by atoms with E-state index in [4.69, 9.17) is 19.2 Å². The zero-order chi connectivity index (χ0) is 26.8. The summed E-state index contributed by atoms with van der Waals surface area (Å²) in [4.78, 5) is 30.4. The maximum absolute atomic E-state index is 11.1. The van der Waals surface area contributed by atoms with Gasteiger partial charge in [-0.15, -0.1) is 0 Å². The summed E-state index contributed by atoms with van der Waals surface area (Å²) >= 11 is 0. The van der Waals surface area contributed by atoms with E-state index in [-0.39, 0.29) is 18.7 Å². The van der Waals surface area contributed by atoms with E-state index < -0.39 is 4.92 Å². The van der Waals surface area contributed by atoms with Crippen LogP contribution in [-0.4, -0.2) is 66.4 Å². The third kappa shape index (κ3) is 5.35. The van der Waals surface area contributed by atoms with Crippen LogP contribution < -0.4 is 14.4 Å². The van der Waals surface area contributed by atoms with Gasteiger partial charge in [-0.3, -0.25) is 4.98 Å². The molecule has 4 aromatic heterocycles. The predicted octanol–water partition coefficient (Wildman–Crippen LogP) is 3.45. The summed E-state index contributed by atoms with van der Waals surface area (Å²) in [5, 5.41) is 11.9. The highest BCUT2D eigenvalue weighted by Gasteiger charge is 2.26. The fourth-order valence-electron chi connectivity index (χ4n) is 5.18. The number of pyridine rings is 2. The van der Waals surface area contributed by atoms with Crippen molar-refractivity contribution in [1.29, 1.82) is 0 Å². The summed E-state index contributed by atoms with van der Waals surface area (Å²) in [7, 11) is 1.59. The zero-order valence-corrected chi connectivity index (χ0v) is 21.7. The molecule has 0 bridgehead atoms. The Bertz CT molecular complexity index is 1440. The van der Waals surface area contributed by atoms with Crippen molar-refractivity contribution in [3.05, 3.63) is 59.1 Å². The Balaban J connectivity index is 1.24.